The van der Waals surface area contributed by atoms with Crippen molar-refractivity contribution in [3.05, 3.63) is 62.5 Å². The molecule has 0 aliphatic heterocycles. The predicted molar refractivity (Wildman–Crippen MR) is 96.6 cm³/mol. The van der Waals surface area contributed by atoms with E-state index in [1.165, 1.54) is 11.3 Å². The van der Waals surface area contributed by atoms with Crippen LogP contribution in [0, 0.1) is 0 Å². The first kappa shape index (κ1) is 16.8. The molecule has 0 fully saturated rings. The summed E-state index contributed by atoms with van der Waals surface area (Å²) in [6, 6.07) is 6.93. The molecule has 2 heterocycles. The minimum Gasteiger partial charge on any atom is -0.495 e. The molecule has 0 saturated carbocycles. The van der Waals surface area contributed by atoms with E-state index in [1.54, 1.807) is 42.4 Å². The number of hydrogen-bond acceptors (Lipinski definition) is 4. The number of anilines is 1. The van der Waals surface area contributed by atoms with Gasteiger partial charge in [0.1, 0.15) is 5.75 Å². The normalized spacial score (nSPS) is 10.6. The number of benzene rings is 1. The van der Waals surface area contributed by atoms with Gasteiger partial charge in [-0.15, -0.1) is 11.3 Å². The van der Waals surface area contributed by atoms with Crippen molar-refractivity contribution < 1.29 is 9.53 Å². The number of methoxy groups -OCH3 is 1. The third kappa shape index (κ3) is 3.90. The fraction of sp³-hybridized carbons (Fsp3) is 0.125. The maximum atomic E-state index is 12.3. The first-order chi connectivity index (χ1) is 11.5. The molecule has 3 rings (SSSR count). The van der Waals surface area contributed by atoms with E-state index in [4.69, 9.17) is 27.9 Å². The highest BCUT2D eigenvalue weighted by Crippen LogP contribution is 2.27. The molecule has 0 bridgehead atoms. The maximum absolute atomic E-state index is 12.3. The molecule has 5 nitrogen and oxygen atoms in total. The summed E-state index contributed by atoms with van der Waals surface area (Å²) in [7, 11) is 1.54. The molecule has 124 valence electrons. The first-order valence-corrected chi connectivity index (χ1v) is 8.59. The van der Waals surface area contributed by atoms with E-state index in [0.29, 0.717) is 32.9 Å². The van der Waals surface area contributed by atoms with Crippen molar-refractivity contribution in [3.63, 3.8) is 0 Å². The molecule has 8 heteroatoms. The van der Waals surface area contributed by atoms with Crippen LogP contribution in [0.3, 0.4) is 0 Å². The number of thiophene rings is 1. The molecule has 2 aromatic heterocycles. The highest BCUT2D eigenvalue weighted by molar-refractivity contribution is 7.12. The molecule has 0 spiro atoms. The highest BCUT2D eigenvalue weighted by atomic mass is 35.5. The molecule has 1 amide bonds. The zero-order chi connectivity index (χ0) is 17.1. The Morgan fingerprint density at radius 3 is 2.88 bits per heavy atom. The lowest BCUT2D eigenvalue weighted by Crippen LogP contribution is -2.10. The second-order valence-corrected chi connectivity index (χ2v) is 6.73. The van der Waals surface area contributed by atoms with Gasteiger partial charge < -0.3 is 10.1 Å². The number of nitrogens with one attached hydrogen (secondary N) is 1. The number of rotatable bonds is 5. The average Bonchev–Trinajstić information content (AvgIpc) is 3.17. The van der Waals surface area contributed by atoms with E-state index in [-0.39, 0.29) is 5.91 Å². The Morgan fingerprint density at radius 2 is 2.21 bits per heavy atom. The number of ether oxygens (including phenoxy) is 1. The average molecular weight is 382 g/mol. The van der Waals surface area contributed by atoms with Crippen molar-refractivity contribution in [1.82, 2.24) is 9.78 Å². The third-order valence-electron chi connectivity index (χ3n) is 3.23. The fourth-order valence-electron chi connectivity index (χ4n) is 2.13. The molecule has 0 unspecified atom stereocenters. The second kappa shape index (κ2) is 7.25. The van der Waals surface area contributed by atoms with E-state index in [9.17, 15) is 4.79 Å². The van der Waals surface area contributed by atoms with Gasteiger partial charge >= 0.3 is 0 Å². The van der Waals surface area contributed by atoms with E-state index >= 15 is 0 Å². The Bertz CT molecular complexity index is 876. The standard InChI is InChI=1S/C16H13Cl2N3O2S/c1-23-14-3-2-12(5-13(14)18)20-16(22)15-4-10(9-24-15)7-21-8-11(17)6-19-21/h2-6,8-9H,7H2,1H3,(H,20,22). The summed E-state index contributed by atoms with van der Waals surface area (Å²) in [6.07, 6.45) is 3.31. The molecular weight excluding hydrogens is 369 g/mol. The van der Waals surface area contributed by atoms with Crippen molar-refractivity contribution in [3.8, 4) is 5.75 Å². The largest absolute Gasteiger partial charge is 0.495 e. The van der Waals surface area contributed by atoms with Crippen LogP contribution < -0.4 is 10.1 Å². The SMILES string of the molecule is COc1ccc(NC(=O)c2cc(Cn3cc(Cl)cn3)cs2)cc1Cl. The van der Waals surface area contributed by atoms with Crippen LogP contribution in [-0.4, -0.2) is 22.8 Å². The Labute approximate surface area is 152 Å². The lowest BCUT2D eigenvalue weighted by Gasteiger charge is -2.07. The number of nitrogens with zero attached hydrogens (tertiary/aromatic N) is 2. The topological polar surface area (TPSA) is 56.1 Å². The Kier molecular flexibility index (Phi) is 5.08. The van der Waals surface area contributed by atoms with Gasteiger partial charge in [0, 0.05) is 11.9 Å². The summed E-state index contributed by atoms with van der Waals surface area (Å²) in [5, 5.41) is 9.89. The van der Waals surface area contributed by atoms with Crippen LogP contribution in [0.4, 0.5) is 5.69 Å². The van der Waals surface area contributed by atoms with E-state index in [2.05, 4.69) is 10.4 Å². The molecule has 0 aliphatic carbocycles. The van der Waals surface area contributed by atoms with Gasteiger partial charge in [-0.25, -0.2) is 0 Å². The van der Waals surface area contributed by atoms with Gasteiger partial charge in [-0.05, 0) is 35.2 Å². The molecule has 1 aromatic carbocycles. The molecule has 24 heavy (non-hydrogen) atoms. The zero-order valence-electron chi connectivity index (χ0n) is 12.6. The molecule has 0 atom stereocenters. The Morgan fingerprint density at radius 1 is 1.38 bits per heavy atom. The first-order valence-electron chi connectivity index (χ1n) is 6.95. The van der Waals surface area contributed by atoms with Crippen molar-refractivity contribution in [2.45, 2.75) is 6.54 Å². The van der Waals surface area contributed by atoms with Crippen LogP contribution in [0.25, 0.3) is 0 Å². The van der Waals surface area contributed by atoms with E-state index in [1.807, 2.05) is 11.4 Å². The molecule has 0 radical (unpaired) electrons. The molecule has 0 saturated heterocycles. The number of amides is 1. The number of halogens is 2. The van der Waals surface area contributed by atoms with Crippen molar-refractivity contribution in [1.29, 1.82) is 0 Å². The zero-order valence-corrected chi connectivity index (χ0v) is 15.0. The van der Waals surface area contributed by atoms with Gasteiger partial charge in [0.2, 0.25) is 0 Å². The van der Waals surface area contributed by atoms with Gasteiger partial charge in [-0.2, -0.15) is 5.10 Å². The summed E-state index contributed by atoms with van der Waals surface area (Å²) in [5.41, 5.74) is 1.59. The summed E-state index contributed by atoms with van der Waals surface area (Å²) in [5.74, 6) is 0.372. The lowest BCUT2D eigenvalue weighted by molar-refractivity contribution is 0.103. The highest BCUT2D eigenvalue weighted by Gasteiger charge is 2.11. The predicted octanol–water partition coefficient (Wildman–Crippen LogP) is 4.56. The van der Waals surface area contributed by atoms with Crippen LogP contribution >= 0.6 is 34.5 Å². The van der Waals surface area contributed by atoms with Crippen molar-refractivity contribution in [2.24, 2.45) is 0 Å². The van der Waals surface area contributed by atoms with Gasteiger partial charge in [-0.1, -0.05) is 23.2 Å². The smallest absolute Gasteiger partial charge is 0.265 e. The van der Waals surface area contributed by atoms with Crippen LogP contribution in [0.5, 0.6) is 5.75 Å². The lowest BCUT2D eigenvalue weighted by atomic mass is 10.2. The van der Waals surface area contributed by atoms with Gasteiger partial charge in [-0.3, -0.25) is 9.48 Å². The third-order valence-corrected chi connectivity index (χ3v) is 4.70. The minimum absolute atomic E-state index is 0.189. The summed E-state index contributed by atoms with van der Waals surface area (Å²) in [4.78, 5) is 12.9. The van der Waals surface area contributed by atoms with Gasteiger partial charge in [0.25, 0.3) is 5.91 Å². The second-order valence-electron chi connectivity index (χ2n) is 4.98. The van der Waals surface area contributed by atoms with Gasteiger partial charge in [0.05, 0.1) is 34.8 Å². The van der Waals surface area contributed by atoms with Crippen molar-refractivity contribution in [2.75, 3.05) is 12.4 Å². The molecule has 3 aromatic rings. The number of aromatic nitrogens is 2. The van der Waals surface area contributed by atoms with E-state index in [0.717, 1.165) is 5.56 Å². The van der Waals surface area contributed by atoms with Crippen LogP contribution in [-0.2, 0) is 6.54 Å². The summed E-state index contributed by atoms with van der Waals surface area (Å²) >= 11 is 13.3. The van der Waals surface area contributed by atoms with Crippen LogP contribution in [0.15, 0.2) is 42.0 Å². The van der Waals surface area contributed by atoms with Gasteiger partial charge in [0.15, 0.2) is 0 Å². The molecule has 0 aliphatic rings. The number of carbonyl (C=O) groups excluding carboxylic acids is 1. The molecular formula is C16H13Cl2N3O2S. The van der Waals surface area contributed by atoms with Crippen LogP contribution in [0.2, 0.25) is 10.0 Å². The Hall–Kier alpha value is -2.02. The molecule has 1 N–H and O–H groups in total. The Balaban J connectivity index is 1.68. The van der Waals surface area contributed by atoms with Crippen LogP contribution in [0.1, 0.15) is 15.2 Å². The number of carbonyl (C=O) groups is 1. The quantitative estimate of drug-likeness (QED) is 0.704. The minimum atomic E-state index is -0.189. The fourth-order valence-corrected chi connectivity index (χ4v) is 3.34. The maximum Gasteiger partial charge on any atom is 0.265 e. The van der Waals surface area contributed by atoms with E-state index < -0.39 is 0 Å². The summed E-state index contributed by atoms with van der Waals surface area (Å²) < 4.78 is 6.81. The van der Waals surface area contributed by atoms with Crippen molar-refractivity contribution >= 4 is 46.1 Å². The monoisotopic (exact) mass is 381 g/mol. The summed E-state index contributed by atoms with van der Waals surface area (Å²) in [6.45, 7) is 0.560. The number of hydrogen-bond donors (Lipinski definition) is 1.